The minimum absolute atomic E-state index is 0.117. The molecule has 1 aromatic rings. The third kappa shape index (κ3) is 3.10. The molecular weight excluding hydrogens is 263 g/mol. The van der Waals surface area contributed by atoms with Crippen LogP contribution in [0.2, 0.25) is 5.02 Å². The molecule has 1 N–H and O–H groups in total. The molecule has 1 aromatic carbocycles. The van der Waals surface area contributed by atoms with Crippen LogP contribution in [0, 0.1) is 11.7 Å². The molecule has 1 aliphatic heterocycles. The molecule has 106 valence electrons. The largest absolute Gasteiger partial charge is 0.319 e. The van der Waals surface area contributed by atoms with Gasteiger partial charge in [0, 0.05) is 22.7 Å². The molecule has 1 saturated heterocycles. The van der Waals surface area contributed by atoms with Crippen LogP contribution >= 0.6 is 11.6 Å². The molecule has 0 aliphatic carbocycles. The molecule has 1 fully saturated rings. The van der Waals surface area contributed by atoms with Gasteiger partial charge in [-0.25, -0.2) is 4.39 Å². The Bertz CT molecular complexity index is 436. The lowest BCUT2D eigenvalue weighted by atomic mass is 9.92. The Balaban J connectivity index is 2.37. The molecule has 1 heterocycles. The first-order valence-electron chi connectivity index (χ1n) is 6.90. The van der Waals surface area contributed by atoms with E-state index in [0.29, 0.717) is 17.0 Å². The number of hydrogen-bond donors (Lipinski definition) is 1. The number of halogens is 2. The second kappa shape index (κ2) is 6.21. The number of nitrogens with zero attached hydrogens (tertiary/aromatic N) is 1. The summed E-state index contributed by atoms with van der Waals surface area (Å²) < 4.78 is 14.2. The Hall–Kier alpha value is -0.640. The van der Waals surface area contributed by atoms with Gasteiger partial charge >= 0.3 is 0 Å². The summed E-state index contributed by atoms with van der Waals surface area (Å²) in [6, 6.07) is 5.40. The number of likely N-dealkylation sites (tertiary alicyclic amines) is 1. The monoisotopic (exact) mass is 284 g/mol. The molecule has 2 atom stereocenters. The fraction of sp³-hybridized carbons (Fsp3) is 0.600. The highest BCUT2D eigenvalue weighted by Gasteiger charge is 2.37. The van der Waals surface area contributed by atoms with E-state index in [1.807, 2.05) is 7.05 Å². The van der Waals surface area contributed by atoms with Crippen molar-refractivity contribution in [3.8, 4) is 0 Å². The molecule has 0 spiro atoms. The molecule has 2 nitrogen and oxygen atoms in total. The zero-order chi connectivity index (χ0) is 14.0. The van der Waals surface area contributed by atoms with Gasteiger partial charge in [0.05, 0.1) is 0 Å². The molecule has 0 bridgehead atoms. The maximum absolute atomic E-state index is 14.2. The highest BCUT2D eigenvalue weighted by atomic mass is 35.5. The van der Waals surface area contributed by atoms with E-state index in [1.54, 1.807) is 12.1 Å². The number of hydrogen-bond acceptors (Lipinski definition) is 2. The van der Waals surface area contributed by atoms with Gasteiger partial charge in [0.1, 0.15) is 5.82 Å². The van der Waals surface area contributed by atoms with Gasteiger partial charge in [-0.1, -0.05) is 11.6 Å². The van der Waals surface area contributed by atoms with Crippen molar-refractivity contribution < 1.29 is 4.39 Å². The SMILES string of the molecule is CNCC1CCN(C(C)C)C1c1cc(Cl)ccc1F. The summed E-state index contributed by atoms with van der Waals surface area (Å²) >= 11 is 6.05. The van der Waals surface area contributed by atoms with E-state index >= 15 is 0 Å². The van der Waals surface area contributed by atoms with Crippen LogP contribution < -0.4 is 5.32 Å². The Morgan fingerprint density at radius 3 is 2.84 bits per heavy atom. The highest BCUT2D eigenvalue weighted by molar-refractivity contribution is 6.30. The number of benzene rings is 1. The topological polar surface area (TPSA) is 15.3 Å². The summed E-state index contributed by atoms with van der Waals surface area (Å²) in [6.45, 7) is 6.24. The predicted molar refractivity (Wildman–Crippen MR) is 78.0 cm³/mol. The quantitative estimate of drug-likeness (QED) is 0.911. The fourth-order valence-corrected chi connectivity index (χ4v) is 3.29. The summed E-state index contributed by atoms with van der Waals surface area (Å²) in [5.41, 5.74) is 0.735. The predicted octanol–water partition coefficient (Wildman–Crippen LogP) is 3.47. The van der Waals surface area contributed by atoms with Crippen molar-refractivity contribution in [1.29, 1.82) is 0 Å². The van der Waals surface area contributed by atoms with Crippen molar-refractivity contribution in [3.63, 3.8) is 0 Å². The molecule has 2 rings (SSSR count). The van der Waals surface area contributed by atoms with Gasteiger partial charge in [-0.15, -0.1) is 0 Å². The van der Waals surface area contributed by atoms with Crippen LogP contribution in [0.15, 0.2) is 18.2 Å². The van der Waals surface area contributed by atoms with Gasteiger partial charge in [0.2, 0.25) is 0 Å². The van der Waals surface area contributed by atoms with Crippen molar-refractivity contribution in [2.75, 3.05) is 20.1 Å². The van der Waals surface area contributed by atoms with Crippen molar-refractivity contribution in [3.05, 3.63) is 34.6 Å². The zero-order valence-electron chi connectivity index (χ0n) is 11.8. The van der Waals surface area contributed by atoms with Crippen molar-refractivity contribution in [1.82, 2.24) is 10.2 Å². The van der Waals surface area contributed by atoms with Gasteiger partial charge in [0.15, 0.2) is 0 Å². The summed E-state index contributed by atoms with van der Waals surface area (Å²) in [5, 5.41) is 3.83. The maximum Gasteiger partial charge on any atom is 0.128 e. The van der Waals surface area contributed by atoms with Gasteiger partial charge in [-0.2, -0.15) is 0 Å². The summed E-state index contributed by atoms with van der Waals surface area (Å²) in [5.74, 6) is 0.281. The summed E-state index contributed by atoms with van der Waals surface area (Å²) in [6.07, 6.45) is 1.09. The smallest absolute Gasteiger partial charge is 0.128 e. The van der Waals surface area contributed by atoms with Crippen LogP contribution in [0.25, 0.3) is 0 Å². The standard InChI is InChI=1S/C15H22ClFN2/c1-10(2)19-7-6-11(9-18-3)15(19)13-8-12(16)4-5-14(13)17/h4-5,8,10-11,15,18H,6-7,9H2,1-3H3. The highest BCUT2D eigenvalue weighted by Crippen LogP contribution is 2.40. The lowest BCUT2D eigenvalue weighted by Gasteiger charge is -2.32. The van der Waals surface area contributed by atoms with Gasteiger partial charge in [0.25, 0.3) is 0 Å². The van der Waals surface area contributed by atoms with Crippen LogP contribution in [0.4, 0.5) is 4.39 Å². The third-order valence-electron chi connectivity index (χ3n) is 3.97. The van der Waals surface area contributed by atoms with Gasteiger partial charge in [-0.3, -0.25) is 4.90 Å². The summed E-state index contributed by atoms with van der Waals surface area (Å²) in [7, 11) is 1.95. The Morgan fingerprint density at radius 2 is 2.21 bits per heavy atom. The van der Waals surface area contributed by atoms with E-state index in [4.69, 9.17) is 11.6 Å². The molecule has 19 heavy (non-hydrogen) atoms. The molecular formula is C15H22ClFN2. The Kier molecular flexibility index (Phi) is 4.82. The van der Waals surface area contributed by atoms with E-state index in [2.05, 4.69) is 24.1 Å². The van der Waals surface area contributed by atoms with E-state index < -0.39 is 0 Å². The summed E-state index contributed by atoms with van der Waals surface area (Å²) in [4.78, 5) is 2.37. The van der Waals surface area contributed by atoms with E-state index in [1.165, 1.54) is 6.07 Å². The molecule has 0 aromatic heterocycles. The lowest BCUT2D eigenvalue weighted by Crippen LogP contribution is -2.34. The zero-order valence-corrected chi connectivity index (χ0v) is 12.5. The molecule has 0 radical (unpaired) electrons. The molecule has 0 saturated carbocycles. The second-order valence-corrected chi connectivity index (χ2v) is 5.99. The minimum atomic E-state index is -0.150. The van der Waals surface area contributed by atoms with E-state index in [-0.39, 0.29) is 11.9 Å². The first kappa shape index (κ1) is 14.8. The maximum atomic E-state index is 14.2. The number of rotatable bonds is 4. The van der Waals surface area contributed by atoms with Crippen LogP contribution in [-0.2, 0) is 0 Å². The first-order chi connectivity index (χ1) is 9.04. The first-order valence-corrected chi connectivity index (χ1v) is 7.27. The number of nitrogens with one attached hydrogen (secondary N) is 1. The van der Waals surface area contributed by atoms with Crippen LogP contribution in [0.5, 0.6) is 0 Å². The van der Waals surface area contributed by atoms with E-state index in [9.17, 15) is 4.39 Å². The van der Waals surface area contributed by atoms with Gasteiger partial charge in [-0.05, 0) is 64.5 Å². The normalized spacial score (nSPS) is 24.3. The van der Waals surface area contributed by atoms with Gasteiger partial charge < -0.3 is 5.32 Å². The Morgan fingerprint density at radius 1 is 1.47 bits per heavy atom. The molecule has 0 amide bonds. The van der Waals surface area contributed by atoms with E-state index in [0.717, 1.165) is 25.1 Å². The Labute approximate surface area is 119 Å². The third-order valence-corrected chi connectivity index (χ3v) is 4.20. The average Bonchev–Trinajstić information content (AvgIpc) is 2.76. The molecule has 4 heteroatoms. The molecule has 2 unspecified atom stereocenters. The van der Waals surface area contributed by atoms with Crippen molar-refractivity contribution in [2.24, 2.45) is 5.92 Å². The second-order valence-electron chi connectivity index (χ2n) is 5.55. The van der Waals surface area contributed by atoms with Crippen LogP contribution in [-0.4, -0.2) is 31.1 Å². The van der Waals surface area contributed by atoms with Crippen molar-refractivity contribution >= 4 is 11.6 Å². The minimum Gasteiger partial charge on any atom is -0.319 e. The van der Waals surface area contributed by atoms with Crippen LogP contribution in [0.1, 0.15) is 31.9 Å². The fourth-order valence-electron chi connectivity index (χ4n) is 3.11. The van der Waals surface area contributed by atoms with Crippen molar-refractivity contribution in [2.45, 2.75) is 32.4 Å². The lowest BCUT2D eigenvalue weighted by molar-refractivity contribution is 0.179. The molecule has 1 aliphatic rings. The van der Waals surface area contributed by atoms with Crippen LogP contribution in [0.3, 0.4) is 0 Å². The average molecular weight is 285 g/mol.